The van der Waals surface area contributed by atoms with Crippen LogP contribution >= 0.6 is 0 Å². The Morgan fingerprint density at radius 3 is 3.00 bits per heavy atom. The van der Waals surface area contributed by atoms with Crippen LogP contribution in [0.5, 0.6) is 0 Å². The van der Waals surface area contributed by atoms with Gasteiger partial charge in [-0.05, 0) is 43.2 Å². The van der Waals surface area contributed by atoms with Crippen molar-refractivity contribution in [2.75, 3.05) is 26.4 Å². The number of aliphatic hydroxyl groups excluding tert-OH is 1. The minimum absolute atomic E-state index is 0.126. The molecular formula is C18H27NO2. The Kier molecular flexibility index (Phi) is 4.34. The van der Waals surface area contributed by atoms with Crippen LogP contribution in [0.3, 0.4) is 0 Å². The van der Waals surface area contributed by atoms with Gasteiger partial charge >= 0.3 is 0 Å². The lowest BCUT2D eigenvalue weighted by atomic mass is 9.83. The van der Waals surface area contributed by atoms with Crippen molar-refractivity contribution in [3.63, 3.8) is 0 Å². The lowest BCUT2D eigenvalue weighted by molar-refractivity contribution is 0.120. The van der Waals surface area contributed by atoms with Gasteiger partial charge < -0.3 is 15.2 Å². The Labute approximate surface area is 127 Å². The molecule has 3 rings (SSSR count). The molecule has 21 heavy (non-hydrogen) atoms. The maximum absolute atomic E-state index is 9.35. The Balaban J connectivity index is 1.72. The van der Waals surface area contributed by atoms with E-state index in [0.29, 0.717) is 12.0 Å². The molecule has 2 aliphatic rings. The highest BCUT2D eigenvalue weighted by molar-refractivity contribution is 5.38. The van der Waals surface area contributed by atoms with Gasteiger partial charge in [-0.2, -0.15) is 0 Å². The summed E-state index contributed by atoms with van der Waals surface area (Å²) in [5.41, 5.74) is 4.43. The predicted octanol–water partition coefficient (Wildman–Crippen LogP) is 2.61. The number of hydrogen-bond donors (Lipinski definition) is 2. The van der Waals surface area contributed by atoms with Gasteiger partial charge in [-0.1, -0.05) is 30.7 Å². The fourth-order valence-electron chi connectivity index (χ4n) is 3.91. The van der Waals surface area contributed by atoms with E-state index in [0.717, 1.165) is 39.0 Å². The molecule has 1 fully saturated rings. The molecule has 0 bridgehead atoms. The Morgan fingerprint density at radius 2 is 2.29 bits per heavy atom. The summed E-state index contributed by atoms with van der Waals surface area (Å²) < 4.78 is 5.59. The van der Waals surface area contributed by atoms with E-state index in [1.807, 2.05) is 0 Å². The van der Waals surface area contributed by atoms with Crippen LogP contribution in [0.15, 0.2) is 18.2 Å². The third-order valence-corrected chi connectivity index (χ3v) is 5.27. The lowest BCUT2D eigenvalue weighted by Crippen LogP contribution is -2.38. The largest absolute Gasteiger partial charge is 0.396 e. The number of aliphatic hydroxyl groups is 1. The van der Waals surface area contributed by atoms with E-state index in [4.69, 9.17) is 4.74 Å². The first-order chi connectivity index (χ1) is 10.1. The van der Waals surface area contributed by atoms with Crippen LogP contribution in [0.1, 0.15) is 42.5 Å². The van der Waals surface area contributed by atoms with Crippen LogP contribution in [0, 0.1) is 18.3 Å². The number of benzene rings is 1. The molecule has 0 saturated carbocycles. The number of fused-ring (bicyclic) bond motifs is 1. The van der Waals surface area contributed by atoms with Crippen molar-refractivity contribution in [1.82, 2.24) is 5.32 Å². The summed E-state index contributed by atoms with van der Waals surface area (Å²) in [6, 6.07) is 7.27. The normalized spacial score (nSPS) is 31.6. The minimum Gasteiger partial charge on any atom is -0.396 e. The Hall–Kier alpha value is -0.900. The van der Waals surface area contributed by atoms with E-state index in [1.54, 1.807) is 0 Å². The molecule has 1 heterocycles. The third kappa shape index (κ3) is 3.01. The van der Waals surface area contributed by atoms with Gasteiger partial charge in [0.1, 0.15) is 0 Å². The monoisotopic (exact) mass is 289 g/mol. The van der Waals surface area contributed by atoms with Gasteiger partial charge in [0.15, 0.2) is 0 Å². The van der Waals surface area contributed by atoms with Crippen LogP contribution in [0.4, 0.5) is 0 Å². The second-order valence-corrected chi connectivity index (χ2v) is 7.02. The molecule has 0 radical (unpaired) electrons. The zero-order valence-corrected chi connectivity index (χ0v) is 13.2. The molecule has 0 unspecified atom stereocenters. The smallest absolute Gasteiger partial charge is 0.0536 e. The van der Waals surface area contributed by atoms with E-state index < -0.39 is 0 Å². The summed E-state index contributed by atoms with van der Waals surface area (Å²) in [5, 5.41) is 13.1. The fraction of sp³-hybridized carbons (Fsp3) is 0.667. The average molecular weight is 289 g/mol. The van der Waals surface area contributed by atoms with Crippen molar-refractivity contribution in [1.29, 1.82) is 0 Å². The number of hydrogen-bond acceptors (Lipinski definition) is 3. The summed E-state index contributed by atoms with van der Waals surface area (Å²) in [4.78, 5) is 0. The molecule has 0 amide bonds. The van der Waals surface area contributed by atoms with E-state index in [-0.39, 0.29) is 12.0 Å². The predicted molar refractivity (Wildman–Crippen MR) is 84.4 cm³/mol. The maximum Gasteiger partial charge on any atom is 0.0536 e. The van der Waals surface area contributed by atoms with Crippen molar-refractivity contribution in [3.8, 4) is 0 Å². The topological polar surface area (TPSA) is 41.5 Å². The first-order valence-corrected chi connectivity index (χ1v) is 8.15. The third-order valence-electron chi connectivity index (χ3n) is 5.27. The van der Waals surface area contributed by atoms with Gasteiger partial charge in [-0.25, -0.2) is 0 Å². The molecule has 1 aliphatic heterocycles. The molecule has 2 N–H and O–H groups in total. The van der Waals surface area contributed by atoms with Crippen LogP contribution in [-0.4, -0.2) is 31.5 Å². The highest BCUT2D eigenvalue weighted by Gasteiger charge is 2.37. The minimum atomic E-state index is 0.126. The lowest BCUT2D eigenvalue weighted by Gasteiger charge is -2.30. The van der Waals surface area contributed by atoms with E-state index in [9.17, 15) is 5.11 Å². The number of nitrogens with one attached hydrogen (secondary N) is 1. The van der Waals surface area contributed by atoms with E-state index in [2.05, 4.69) is 37.4 Å². The van der Waals surface area contributed by atoms with Crippen molar-refractivity contribution in [3.05, 3.63) is 34.9 Å². The average Bonchev–Trinajstić information content (AvgIpc) is 3.02. The summed E-state index contributed by atoms with van der Waals surface area (Å²) >= 11 is 0. The molecule has 1 saturated heterocycles. The highest BCUT2D eigenvalue weighted by atomic mass is 16.5. The van der Waals surface area contributed by atoms with Crippen LogP contribution < -0.4 is 5.32 Å². The first kappa shape index (κ1) is 15.0. The van der Waals surface area contributed by atoms with Crippen molar-refractivity contribution in [2.24, 2.45) is 11.3 Å². The number of ether oxygens (including phenoxy) is 1. The number of aryl methyl sites for hydroxylation is 1. The quantitative estimate of drug-likeness (QED) is 0.875. The molecule has 1 aliphatic carbocycles. The van der Waals surface area contributed by atoms with Gasteiger partial charge in [-0.3, -0.25) is 0 Å². The van der Waals surface area contributed by atoms with Gasteiger partial charge in [0.2, 0.25) is 0 Å². The maximum atomic E-state index is 9.35. The van der Waals surface area contributed by atoms with Crippen molar-refractivity contribution < 1.29 is 9.84 Å². The summed E-state index contributed by atoms with van der Waals surface area (Å²) in [6.07, 6.45) is 3.06. The summed E-state index contributed by atoms with van der Waals surface area (Å²) in [7, 11) is 0. The molecule has 3 atom stereocenters. The Morgan fingerprint density at radius 1 is 1.43 bits per heavy atom. The fourth-order valence-corrected chi connectivity index (χ4v) is 3.91. The van der Waals surface area contributed by atoms with Crippen LogP contribution in [0.2, 0.25) is 0 Å². The molecule has 0 aromatic heterocycles. The molecule has 1 aromatic carbocycles. The standard InChI is InChI=1S/C18H27NO2/c1-13-3-4-15-10-14(2)17(16(15)9-13)19-11-18(5-7-20)6-8-21-12-18/h3-4,9,14,17,19-20H,5-8,10-12H2,1-2H3/t14-,17+,18-/m0/s1. The van der Waals surface area contributed by atoms with Crippen molar-refractivity contribution in [2.45, 2.75) is 39.2 Å². The molecule has 116 valence electrons. The Bertz CT molecular complexity index is 494. The van der Waals surface area contributed by atoms with Gasteiger partial charge in [-0.15, -0.1) is 0 Å². The van der Waals surface area contributed by atoms with Gasteiger partial charge in [0.05, 0.1) is 6.61 Å². The number of rotatable bonds is 5. The first-order valence-electron chi connectivity index (χ1n) is 8.15. The van der Waals surface area contributed by atoms with E-state index in [1.165, 1.54) is 16.7 Å². The molecule has 1 aromatic rings. The van der Waals surface area contributed by atoms with Crippen LogP contribution in [0.25, 0.3) is 0 Å². The van der Waals surface area contributed by atoms with Gasteiger partial charge in [0.25, 0.3) is 0 Å². The molecule has 3 heteroatoms. The second kappa shape index (κ2) is 6.07. The molecule has 3 nitrogen and oxygen atoms in total. The highest BCUT2D eigenvalue weighted by Crippen LogP contribution is 2.38. The molecular weight excluding hydrogens is 262 g/mol. The van der Waals surface area contributed by atoms with Crippen LogP contribution in [-0.2, 0) is 11.2 Å². The zero-order chi connectivity index (χ0) is 14.9. The second-order valence-electron chi connectivity index (χ2n) is 7.02. The zero-order valence-electron chi connectivity index (χ0n) is 13.2. The summed E-state index contributed by atoms with van der Waals surface area (Å²) in [5.74, 6) is 0.635. The summed E-state index contributed by atoms with van der Waals surface area (Å²) in [6.45, 7) is 7.30. The molecule has 0 spiro atoms. The van der Waals surface area contributed by atoms with Gasteiger partial charge in [0, 0.05) is 31.2 Å². The van der Waals surface area contributed by atoms with Crippen molar-refractivity contribution >= 4 is 0 Å². The SMILES string of the molecule is Cc1ccc2c(c1)[C@H](NC[C@]1(CCO)CCOC1)[C@@H](C)C2. The van der Waals surface area contributed by atoms with E-state index >= 15 is 0 Å².